The number of rotatable bonds is 3. The lowest BCUT2D eigenvalue weighted by molar-refractivity contribution is 0.673. The number of benzene rings is 10. The number of hydrogen-bond acceptors (Lipinski definition) is 1. The molecular formula is C50H30O. The normalized spacial score (nSPS) is 11.9. The second kappa shape index (κ2) is 10.9. The zero-order valence-electron chi connectivity index (χ0n) is 27.7. The predicted octanol–water partition coefficient (Wildman–Crippen LogP) is 14.4. The Kier molecular flexibility index (Phi) is 6.02. The smallest absolute Gasteiger partial charge is 0.143 e. The van der Waals surface area contributed by atoms with E-state index in [2.05, 4.69) is 182 Å². The summed E-state index contributed by atoms with van der Waals surface area (Å²) in [6, 6.07) is 66.2. The van der Waals surface area contributed by atoms with Gasteiger partial charge in [0.1, 0.15) is 11.2 Å². The van der Waals surface area contributed by atoms with Crippen LogP contribution in [0.2, 0.25) is 0 Å². The van der Waals surface area contributed by atoms with Gasteiger partial charge in [-0.05, 0) is 94.0 Å². The van der Waals surface area contributed by atoms with Crippen LogP contribution in [0, 0.1) is 0 Å². The molecule has 0 amide bonds. The molecule has 0 fully saturated rings. The van der Waals surface area contributed by atoms with Gasteiger partial charge in [-0.3, -0.25) is 0 Å². The van der Waals surface area contributed by atoms with Gasteiger partial charge in [-0.2, -0.15) is 0 Å². The Labute approximate surface area is 294 Å². The fraction of sp³-hybridized carbons (Fsp3) is 0. The minimum atomic E-state index is 0.910. The van der Waals surface area contributed by atoms with E-state index < -0.39 is 0 Å². The zero-order valence-corrected chi connectivity index (χ0v) is 27.7. The predicted molar refractivity (Wildman–Crippen MR) is 218 cm³/mol. The van der Waals surface area contributed by atoms with E-state index in [1.165, 1.54) is 87.2 Å². The molecule has 1 heteroatoms. The maximum Gasteiger partial charge on any atom is 0.143 e. The molecule has 11 rings (SSSR count). The topological polar surface area (TPSA) is 13.1 Å². The molecule has 1 nitrogen and oxygen atoms in total. The Balaban J connectivity index is 1.18. The van der Waals surface area contributed by atoms with Crippen LogP contribution in [0.25, 0.3) is 109 Å². The molecule has 0 N–H and O–H groups in total. The third kappa shape index (κ3) is 4.09. The van der Waals surface area contributed by atoms with Crippen LogP contribution < -0.4 is 0 Å². The molecule has 0 aliphatic carbocycles. The molecule has 51 heavy (non-hydrogen) atoms. The van der Waals surface area contributed by atoms with E-state index in [0.29, 0.717) is 0 Å². The second-order valence-electron chi connectivity index (χ2n) is 13.5. The highest BCUT2D eigenvalue weighted by atomic mass is 16.3. The average Bonchev–Trinajstić information content (AvgIpc) is 3.59. The lowest BCUT2D eigenvalue weighted by Gasteiger charge is -2.19. The molecule has 0 saturated heterocycles. The largest absolute Gasteiger partial charge is 0.455 e. The first kappa shape index (κ1) is 28.2. The van der Waals surface area contributed by atoms with Crippen molar-refractivity contribution in [3.63, 3.8) is 0 Å². The molecule has 0 aliphatic rings. The quantitative estimate of drug-likeness (QED) is 0.138. The van der Waals surface area contributed by atoms with Gasteiger partial charge in [0.25, 0.3) is 0 Å². The molecular weight excluding hydrogens is 617 g/mol. The van der Waals surface area contributed by atoms with Crippen LogP contribution in [0.3, 0.4) is 0 Å². The summed E-state index contributed by atoms with van der Waals surface area (Å²) in [6.45, 7) is 0. The van der Waals surface area contributed by atoms with Crippen LogP contribution in [0.15, 0.2) is 186 Å². The third-order valence-electron chi connectivity index (χ3n) is 10.8. The van der Waals surface area contributed by atoms with Crippen molar-refractivity contribution in [2.24, 2.45) is 0 Å². The summed E-state index contributed by atoms with van der Waals surface area (Å²) in [4.78, 5) is 0. The van der Waals surface area contributed by atoms with E-state index in [4.69, 9.17) is 4.42 Å². The van der Waals surface area contributed by atoms with E-state index >= 15 is 0 Å². The Morgan fingerprint density at radius 3 is 1.39 bits per heavy atom. The molecule has 236 valence electrons. The lowest BCUT2D eigenvalue weighted by Crippen LogP contribution is -1.92. The van der Waals surface area contributed by atoms with Crippen molar-refractivity contribution in [2.45, 2.75) is 0 Å². The van der Waals surface area contributed by atoms with Gasteiger partial charge in [-0.15, -0.1) is 0 Å². The van der Waals surface area contributed by atoms with Crippen molar-refractivity contribution in [1.29, 1.82) is 0 Å². The Morgan fingerprint density at radius 1 is 0.275 bits per heavy atom. The van der Waals surface area contributed by atoms with Crippen LogP contribution >= 0.6 is 0 Å². The molecule has 0 bridgehead atoms. The summed E-state index contributed by atoms with van der Waals surface area (Å²) < 4.78 is 6.65. The maximum absolute atomic E-state index is 6.65. The molecule has 0 atom stereocenters. The Morgan fingerprint density at radius 2 is 0.745 bits per heavy atom. The van der Waals surface area contributed by atoms with Crippen molar-refractivity contribution in [2.75, 3.05) is 0 Å². The van der Waals surface area contributed by atoms with Crippen LogP contribution in [-0.4, -0.2) is 0 Å². The number of fused-ring (bicyclic) bond motifs is 11. The first-order valence-electron chi connectivity index (χ1n) is 17.6. The minimum Gasteiger partial charge on any atom is -0.455 e. The molecule has 0 spiro atoms. The van der Waals surface area contributed by atoms with Gasteiger partial charge in [0, 0.05) is 16.2 Å². The molecule has 0 saturated carbocycles. The summed E-state index contributed by atoms with van der Waals surface area (Å²) in [5, 5.41) is 14.7. The maximum atomic E-state index is 6.65. The summed E-state index contributed by atoms with van der Waals surface area (Å²) in [6.07, 6.45) is 0. The van der Waals surface area contributed by atoms with Crippen LogP contribution in [0.4, 0.5) is 0 Å². The standard InChI is InChI=1S/C50H30O/c1-2-14-31(15-3-1)47-39-21-9-11-23-41(39)48(42-24-12-10-22-40(42)47)43-28-27-33(34-16-4-5-17-35(34)43)32-26-29-46-45(30-32)49-38-20-8-6-18-36(38)37-19-7-13-25-44(37)50(49)51-46/h1-30H. The molecule has 10 aromatic carbocycles. The molecule has 0 unspecified atom stereocenters. The highest BCUT2D eigenvalue weighted by molar-refractivity contribution is 6.30. The van der Waals surface area contributed by atoms with E-state index in [1.807, 2.05) is 0 Å². The van der Waals surface area contributed by atoms with Gasteiger partial charge >= 0.3 is 0 Å². The van der Waals surface area contributed by atoms with Crippen molar-refractivity contribution >= 4 is 75.8 Å². The fourth-order valence-electron chi connectivity index (χ4n) is 8.68. The SMILES string of the molecule is c1ccc(-c2c3ccccc3c(-c3ccc(-c4ccc5oc6c7ccccc7c7ccccc7c6c5c4)c4ccccc34)c3ccccc23)cc1. The van der Waals surface area contributed by atoms with E-state index in [9.17, 15) is 0 Å². The van der Waals surface area contributed by atoms with Crippen LogP contribution in [-0.2, 0) is 0 Å². The third-order valence-corrected chi connectivity index (χ3v) is 10.8. The highest BCUT2D eigenvalue weighted by Crippen LogP contribution is 2.47. The summed E-state index contributed by atoms with van der Waals surface area (Å²) in [5.41, 5.74) is 9.30. The van der Waals surface area contributed by atoms with Crippen molar-refractivity contribution in [1.82, 2.24) is 0 Å². The zero-order chi connectivity index (χ0) is 33.5. The van der Waals surface area contributed by atoms with Crippen molar-refractivity contribution in [3.8, 4) is 33.4 Å². The molecule has 0 radical (unpaired) electrons. The second-order valence-corrected chi connectivity index (χ2v) is 13.5. The van der Waals surface area contributed by atoms with Gasteiger partial charge in [0.05, 0.1) is 0 Å². The lowest BCUT2D eigenvalue weighted by atomic mass is 9.84. The van der Waals surface area contributed by atoms with Crippen LogP contribution in [0.5, 0.6) is 0 Å². The van der Waals surface area contributed by atoms with E-state index in [0.717, 1.165) is 21.9 Å². The van der Waals surface area contributed by atoms with E-state index in [1.54, 1.807) is 0 Å². The number of hydrogen-bond donors (Lipinski definition) is 0. The molecule has 1 aromatic heterocycles. The Bertz CT molecular complexity index is 3130. The summed E-state index contributed by atoms with van der Waals surface area (Å²) in [5.74, 6) is 0. The van der Waals surface area contributed by atoms with Gasteiger partial charge in [-0.1, -0.05) is 170 Å². The van der Waals surface area contributed by atoms with Gasteiger partial charge in [-0.25, -0.2) is 0 Å². The first-order valence-corrected chi connectivity index (χ1v) is 17.6. The summed E-state index contributed by atoms with van der Waals surface area (Å²) >= 11 is 0. The Hall–Kier alpha value is -6.70. The molecule has 0 aliphatic heterocycles. The fourth-order valence-corrected chi connectivity index (χ4v) is 8.68. The average molecular weight is 647 g/mol. The summed E-state index contributed by atoms with van der Waals surface area (Å²) in [7, 11) is 0. The van der Waals surface area contributed by atoms with Crippen molar-refractivity contribution in [3.05, 3.63) is 182 Å². The van der Waals surface area contributed by atoms with Gasteiger partial charge in [0.15, 0.2) is 0 Å². The molecule has 11 aromatic rings. The minimum absolute atomic E-state index is 0.910. The molecule has 1 heterocycles. The van der Waals surface area contributed by atoms with E-state index in [-0.39, 0.29) is 0 Å². The van der Waals surface area contributed by atoms with Crippen molar-refractivity contribution < 1.29 is 4.42 Å². The van der Waals surface area contributed by atoms with Gasteiger partial charge in [0.2, 0.25) is 0 Å². The first-order chi connectivity index (χ1) is 25.3. The monoisotopic (exact) mass is 646 g/mol. The van der Waals surface area contributed by atoms with Crippen LogP contribution in [0.1, 0.15) is 0 Å². The highest BCUT2D eigenvalue weighted by Gasteiger charge is 2.20. The number of furan rings is 1. The van der Waals surface area contributed by atoms with Gasteiger partial charge < -0.3 is 4.42 Å².